The average molecular weight is 784 g/mol. The van der Waals surface area contributed by atoms with Crippen LogP contribution in [0.1, 0.15) is 0 Å². The standard InChI is InChI=1S/2C21H15N2O2S.Zn/c2*24-26(25,18-10-2-1-3-11-18)23-20-13-7-6-12-19(20)21-14-16-8-4-5-9-17(16)15-22-21;/h2*1-15H;/q2*-1;+2. The molecular formula is C42H30N4O4S2Zn. The molecule has 0 N–H and O–H groups in total. The van der Waals surface area contributed by atoms with Crippen molar-refractivity contribution in [3.63, 3.8) is 0 Å². The van der Waals surface area contributed by atoms with Crippen LogP contribution in [0.25, 0.3) is 53.5 Å². The van der Waals surface area contributed by atoms with Gasteiger partial charge in [0.15, 0.2) is 0 Å². The van der Waals surface area contributed by atoms with Gasteiger partial charge in [0, 0.05) is 23.2 Å². The van der Waals surface area contributed by atoms with Gasteiger partial charge in [-0.3, -0.25) is 9.97 Å². The van der Waals surface area contributed by atoms with Crippen LogP contribution >= 0.6 is 0 Å². The van der Waals surface area contributed by atoms with Crippen molar-refractivity contribution < 1.29 is 36.3 Å². The van der Waals surface area contributed by atoms with E-state index in [2.05, 4.69) is 19.4 Å². The Balaban J connectivity index is 0.000000178. The second-order valence-corrected chi connectivity index (χ2v) is 14.8. The maximum atomic E-state index is 12.6. The van der Waals surface area contributed by atoms with Crippen LogP contribution in [0.15, 0.2) is 192 Å². The van der Waals surface area contributed by atoms with Gasteiger partial charge in [-0.05, 0) is 58.3 Å². The van der Waals surface area contributed by atoms with Gasteiger partial charge in [0.2, 0.25) is 0 Å². The van der Waals surface area contributed by atoms with Crippen molar-refractivity contribution >= 4 is 53.0 Å². The SMILES string of the molecule is O=S(=O)([N-]c1ccccc1-c1cc2ccccc2cn1)c1ccccc1.O=S(=O)([N-]c1ccccc1-c1cc2ccccc2cn1)c1ccccc1.[Zn+2]. The number of hydrogen-bond donors (Lipinski definition) is 0. The van der Waals surface area contributed by atoms with E-state index in [1.54, 1.807) is 73.1 Å². The fourth-order valence-corrected chi connectivity index (χ4v) is 7.60. The van der Waals surface area contributed by atoms with Crippen LogP contribution in [-0.4, -0.2) is 26.8 Å². The van der Waals surface area contributed by atoms with Gasteiger partial charge in [0.05, 0.1) is 21.2 Å². The molecule has 11 heteroatoms. The van der Waals surface area contributed by atoms with E-state index in [-0.39, 0.29) is 29.3 Å². The number of rotatable bonds is 8. The molecule has 0 aliphatic carbocycles. The second-order valence-electron chi connectivity index (χ2n) is 11.6. The first kappa shape index (κ1) is 37.0. The first-order valence-corrected chi connectivity index (χ1v) is 19.1. The van der Waals surface area contributed by atoms with Gasteiger partial charge in [-0.1, -0.05) is 133 Å². The maximum Gasteiger partial charge on any atom is 2.00 e. The van der Waals surface area contributed by atoms with Crippen molar-refractivity contribution in [3.8, 4) is 22.5 Å². The monoisotopic (exact) mass is 782 g/mol. The topological polar surface area (TPSA) is 122 Å². The number of sulfonamides is 2. The number of nitrogens with zero attached hydrogens (tertiary/aromatic N) is 4. The average Bonchev–Trinajstić information content (AvgIpc) is 3.19. The fourth-order valence-electron chi connectivity index (χ4n) is 5.55. The van der Waals surface area contributed by atoms with E-state index in [1.807, 2.05) is 84.9 Å². The van der Waals surface area contributed by atoms with E-state index in [0.29, 0.717) is 33.9 Å². The predicted molar refractivity (Wildman–Crippen MR) is 208 cm³/mol. The molecular weight excluding hydrogens is 754 g/mol. The van der Waals surface area contributed by atoms with E-state index in [0.717, 1.165) is 21.5 Å². The van der Waals surface area contributed by atoms with Crippen LogP contribution in [-0.2, 0) is 39.5 Å². The second kappa shape index (κ2) is 16.3. The Labute approximate surface area is 321 Å². The molecule has 0 unspecified atom stereocenters. The predicted octanol–water partition coefficient (Wildman–Crippen LogP) is 10.6. The quantitative estimate of drug-likeness (QED) is 0.141. The first-order valence-electron chi connectivity index (χ1n) is 16.2. The fraction of sp³-hybridized carbons (Fsp3) is 0. The molecule has 0 saturated heterocycles. The largest absolute Gasteiger partial charge is 2.00 e. The van der Waals surface area contributed by atoms with Crippen LogP contribution in [0.3, 0.4) is 0 Å². The summed E-state index contributed by atoms with van der Waals surface area (Å²) in [5.74, 6) is 0. The van der Waals surface area contributed by atoms with Gasteiger partial charge in [-0.15, -0.1) is 11.4 Å². The van der Waals surface area contributed by atoms with Gasteiger partial charge in [0.25, 0.3) is 0 Å². The third kappa shape index (κ3) is 8.67. The maximum absolute atomic E-state index is 12.6. The molecule has 8 nitrogen and oxygen atoms in total. The van der Waals surface area contributed by atoms with Crippen LogP contribution in [0.5, 0.6) is 0 Å². The summed E-state index contributed by atoms with van der Waals surface area (Å²) in [4.78, 5) is 9.31. The zero-order valence-electron chi connectivity index (χ0n) is 28.3. The molecule has 8 aromatic rings. The molecule has 0 amide bonds. The van der Waals surface area contributed by atoms with Crippen molar-refractivity contribution in [2.45, 2.75) is 9.79 Å². The van der Waals surface area contributed by atoms with Gasteiger partial charge in [0.1, 0.15) is 20.0 Å². The zero-order valence-corrected chi connectivity index (χ0v) is 32.9. The van der Waals surface area contributed by atoms with E-state index < -0.39 is 20.0 Å². The third-order valence-corrected chi connectivity index (χ3v) is 10.8. The molecule has 0 aliphatic heterocycles. The van der Waals surface area contributed by atoms with Crippen molar-refractivity contribution in [1.29, 1.82) is 0 Å². The number of hydrogen-bond acceptors (Lipinski definition) is 6. The number of pyridine rings is 2. The van der Waals surface area contributed by atoms with Crippen LogP contribution < -0.4 is 0 Å². The summed E-state index contributed by atoms with van der Waals surface area (Å²) in [6.07, 6.45) is 3.57. The Hall–Kier alpha value is -5.74. The Bertz CT molecular complexity index is 2540. The first-order chi connectivity index (χ1) is 25.3. The molecule has 6 aromatic carbocycles. The smallest absolute Gasteiger partial charge is 0.572 e. The van der Waals surface area contributed by atoms with Crippen molar-refractivity contribution in [2.75, 3.05) is 0 Å². The van der Waals surface area contributed by atoms with Crippen LogP contribution in [0.4, 0.5) is 11.4 Å². The van der Waals surface area contributed by atoms with Crippen molar-refractivity contribution in [1.82, 2.24) is 9.97 Å². The van der Waals surface area contributed by atoms with E-state index in [1.165, 1.54) is 24.3 Å². The van der Waals surface area contributed by atoms with Crippen molar-refractivity contribution in [3.05, 3.63) is 192 Å². The molecule has 0 atom stereocenters. The summed E-state index contributed by atoms with van der Waals surface area (Å²) in [6.45, 7) is 0. The van der Waals surface area contributed by atoms with Gasteiger partial charge < -0.3 is 9.44 Å². The van der Waals surface area contributed by atoms with Gasteiger partial charge >= 0.3 is 19.5 Å². The minimum atomic E-state index is -3.79. The normalized spacial score (nSPS) is 11.2. The summed E-state index contributed by atoms with van der Waals surface area (Å²) in [6, 6.07) is 50.4. The zero-order chi connectivity index (χ0) is 36.0. The van der Waals surface area contributed by atoms with E-state index in [4.69, 9.17) is 0 Å². The molecule has 2 heterocycles. The van der Waals surface area contributed by atoms with Crippen LogP contribution in [0.2, 0.25) is 0 Å². The molecule has 0 spiro atoms. The summed E-state index contributed by atoms with van der Waals surface area (Å²) in [5, 5.41) is 4.14. The van der Waals surface area contributed by atoms with Gasteiger partial charge in [-0.25, -0.2) is 16.8 Å². The Morgan fingerprint density at radius 1 is 0.377 bits per heavy atom. The molecule has 2 aromatic heterocycles. The molecule has 8 rings (SSSR count). The van der Waals surface area contributed by atoms with Gasteiger partial charge in [-0.2, -0.15) is 0 Å². The molecule has 0 radical (unpaired) electrons. The van der Waals surface area contributed by atoms with E-state index in [9.17, 15) is 16.8 Å². The number of benzene rings is 6. The van der Waals surface area contributed by atoms with E-state index >= 15 is 0 Å². The molecule has 0 bridgehead atoms. The minimum Gasteiger partial charge on any atom is -0.572 e. The Morgan fingerprint density at radius 3 is 1.09 bits per heavy atom. The molecule has 53 heavy (non-hydrogen) atoms. The summed E-state index contributed by atoms with van der Waals surface area (Å²) in [7, 11) is -7.58. The minimum absolute atomic E-state index is 0. The summed E-state index contributed by atoms with van der Waals surface area (Å²) >= 11 is 0. The molecule has 0 aliphatic rings. The molecule has 256 valence electrons. The van der Waals surface area contributed by atoms with Crippen molar-refractivity contribution in [2.24, 2.45) is 0 Å². The summed E-state index contributed by atoms with van der Waals surface area (Å²) in [5.41, 5.74) is 3.48. The van der Waals surface area contributed by atoms with Crippen LogP contribution in [0, 0.1) is 0 Å². The molecule has 0 saturated carbocycles. The number of fused-ring (bicyclic) bond motifs is 2. The molecule has 0 fully saturated rings. The third-order valence-electron chi connectivity index (χ3n) is 8.14. The Kier molecular flexibility index (Phi) is 11.4. The Morgan fingerprint density at radius 2 is 0.698 bits per heavy atom. The summed E-state index contributed by atoms with van der Waals surface area (Å²) < 4.78 is 58.5. The number of aromatic nitrogens is 2.